The standard InChI is InChI=1S/C21H25N5O/c1-24-12-5-9-21(14-24)10-13-25(15-21)26-18-8-3-2-6-16(18)20(27)23-17-7-4-11-22-19(17)26/h2-4,6-8,11H,5,9-10,12-15H2,1H3,(H,23,27). The number of rotatable bonds is 1. The van der Waals surface area contributed by atoms with Crippen molar-refractivity contribution in [1.29, 1.82) is 0 Å². The molecule has 3 aliphatic rings. The number of hydrazine groups is 1. The molecule has 1 aromatic heterocycles. The maximum Gasteiger partial charge on any atom is 0.257 e. The maximum atomic E-state index is 12.8. The molecule has 1 amide bonds. The third-order valence-corrected chi connectivity index (χ3v) is 6.17. The van der Waals surface area contributed by atoms with Crippen molar-refractivity contribution in [3.8, 4) is 0 Å². The number of likely N-dealkylation sites (tertiary alicyclic amines) is 1. The van der Waals surface area contributed by atoms with Gasteiger partial charge in [0.2, 0.25) is 0 Å². The van der Waals surface area contributed by atoms with Crippen molar-refractivity contribution in [3.63, 3.8) is 0 Å². The molecule has 1 aromatic carbocycles. The molecule has 3 aliphatic heterocycles. The quantitative estimate of drug-likeness (QED) is 0.844. The lowest BCUT2D eigenvalue weighted by Gasteiger charge is -2.40. The van der Waals surface area contributed by atoms with Gasteiger partial charge in [-0.1, -0.05) is 12.1 Å². The summed E-state index contributed by atoms with van der Waals surface area (Å²) >= 11 is 0. The molecule has 2 fully saturated rings. The summed E-state index contributed by atoms with van der Waals surface area (Å²) in [6.45, 7) is 4.31. The first-order valence-corrected chi connectivity index (χ1v) is 9.74. The molecular weight excluding hydrogens is 338 g/mol. The van der Waals surface area contributed by atoms with Crippen LogP contribution in [0.4, 0.5) is 17.2 Å². The fraction of sp³-hybridized carbons (Fsp3) is 0.429. The summed E-state index contributed by atoms with van der Waals surface area (Å²) in [5.41, 5.74) is 2.70. The van der Waals surface area contributed by atoms with E-state index in [0.717, 1.165) is 36.8 Å². The average molecular weight is 363 g/mol. The third kappa shape index (κ3) is 2.80. The van der Waals surface area contributed by atoms with E-state index in [9.17, 15) is 4.79 Å². The zero-order valence-corrected chi connectivity index (χ0v) is 15.7. The Labute approximate surface area is 159 Å². The number of piperidine rings is 1. The molecule has 6 heteroatoms. The highest BCUT2D eigenvalue weighted by atomic mass is 16.1. The second-order valence-corrected chi connectivity index (χ2v) is 8.14. The van der Waals surface area contributed by atoms with Crippen LogP contribution in [0.5, 0.6) is 0 Å². The Morgan fingerprint density at radius 1 is 1.07 bits per heavy atom. The van der Waals surface area contributed by atoms with Crippen LogP contribution in [0.2, 0.25) is 0 Å². The molecule has 2 aromatic rings. The van der Waals surface area contributed by atoms with Crippen LogP contribution < -0.4 is 10.3 Å². The van der Waals surface area contributed by atoms with Crippen LogP contribution in [0.1, 0.15) is 29.6 Å². The molecule has 0 aliphatic carbocycles. The van der Waals surface area contributed by atoms with Crippen LogP contribution in [0.15, 0.2) is 42.6 Å². The van der Waals surface area contributed by atoms with Gasteiger partial charge in [0, 0.05) is 25.8 Å². The van der Waals surface area contributed by atoms with Gasteiger partial charge in [-0.05, 0) is 62.5 Å². The number of para-hydroxylation sites is 1. The number of fused-ring (bicyclic) bond motifs is 2. The van der Waals surface area contributed by atoms with E-state index in [-0.39, 0.29) is 5.91 Å². The van der Waals surface area contributed by atoms with Crippen LogP contribution in [0.3, 0.4) is 0 Å². The number of hydrogen-bond acceptors (Lipinski definition) is 5. The zero-order valence-electron chi connectivity index (χ0n) is 15.7. The summed E-state index contributed by atoms with van der Waals surface area (Å²) in [5.74, 6) is 0.727. The van der Waals surface area contributed by atoms with Gasteiger partial charge in [-0.3, -0.25) is 9.80 Å². The van der Waals surface area contributed by atoms with Crippen LogP contribution in [-0.4, -0.2) is 54.0 Å². The first kappa shape index (κ1) is 16.7. The fourth-order valence-corrected chi connectivity index (χ4v) is 4.97. The zero-order chi connectivity index (χ0) is 18.4. The normalized spacial score (nSPS) is 25.8. The number of aromatic nitrogens is 1. The Balaban J connectivity index is 1.57. The van der Waals surface area contributed by atoms with Gasteiger partial charge in [0.15, 0.2) is 5.82 Å². The van der Waals surface area contributed by atoms with Gasteiger partial charge in [-0.15, -0.1) is 0 Å². The van der Waals surface area contributed by atoms with Gasteiger partial charge in [-0.2, -0.15) is 0 Å². The SMILES string of the molecule is CN1CCCC2(CCN(N3c4ccccc4C(=O)Nc4cccnc43)C2)C1. The van der Waals surface area contributed by atoms with E-state index in [2.05, 4.69) is 32.3 Å². The molecule has 1 unspecified atom stereocenters. The van der Waals surface area contributed by atoms with Gasteiger partial charge in [0.1, 0.15) is 0 Å². The van der Waals surface area contributed by atoms with E-state index in [1.807, 2.05) is 36.4 Å². The fourth-order valence-electron chi connectivity index (χ4n) is 4.97. The highest BCUT2D eigenvalue weighted by Gasteiger charge is 2.44. The number of carbonyl (C=O) groups excluding carboxylic acids is 1. The highest BCUT2D eigenvalue weighted by Crippen LogP contribution is 2.44. The summed E-state index contributed by atoms with van der Waals surface area (Å²) in [6.07, 6.45) is 5.51. The monoisotopic (exact) mass is 363 g/mol. The lowest BCUT2D eigenvalue weighted by Crippen LogP contribution is -2.45. The third-order valence-electron chi connectivity index (χ3n) is 6.17. The van der Waals surface area contributed by atoms with Crippen LogP contribution in [0, 0.1) is 5.41 Å². The summed E-state index contributed by atoms with van der Waals surface area (Å²) < 4.78 is 0. The molecule has 140 valence electrons. The van der Waals surface area contributed by atoms with Crippen LogP contribution in [-0.2, 0) is 0 Å². The number of carbonyl (C=O) groups is 1. The van der Waals surface area contributed by atoms with Gasteiger partial charge < -0.3 is 10.2 Å². The maximum absolute atomic E-state index is 12.8. The number of nitrogens with one attached hydrogen (secondary N) is 1. The van der Waals surface area contributed by atoms with Gasteiger partial charge in [0.05, 0.1) is 16.9 Å². The van der Waals surface area contributed by atoms with Gasteiger partial charge in [0.25, 0.3) is 5.91 Å². The second-order valence-electron chi connectivity index (χ2n) is 8.14. The number of hydrogen-bond donors (Lipinski definition) is 1. The van der Waals surface area contributed by atoms with Gasteiger partial charge >= 0.3 is 0 Å². The minimum atomic E-state index is -0.0753. The molecule has 1 spiro atoms. The van der Waals surface area contributed by atoms with Gasteiger partial charge in [-0.25, -0.2) is 9.99 Å². The predicted octanol–water partition coefficient (Wildman–Crippen LogP) is 3.12. The van der Waals surface area contributed by atoms with E-state index < -0.39 is 0 Å². The molecule has 6 nitrogen and oxygen atoms in total. The first-order valence-electron chi connectivity index (χ1n) is 9.74. The minimum absolute atomic E-state index is 0.0753. The summed E-state index contributed by atoms with van der Waals surface area (Å²) in [7, 11) is 2.23. The number of benzene rings is 1. The molecule has 4 heterocycles. The second kappa shape index (κ2) is 6.32. The number of anilines is 3. The molecule has 0 radical (unpaired) electrons. The van der Waals surface area contributed by atoms with E-state index in [4.69, 9.17) is 0 Å². The first-order chi connectivity index (χ1) is 13.2. The molecule has 1 atom stereocenters. The Morgan fingerprint density at radius 2 is 1.96 bits per heavy atom. The van der Waals surface area contributed by atoms with Crippen molar-refractivity contribution in [2.45, 2.75) is 19.3 Å². The molecule has 5 rings (SSSR count). The Hall–Kier alpha value is -2.44. The minimum Gasteiger partial charge on any atom is -0.319 e. The Bertz CT molecular complexity index is 884. The van der Waals surface area contributed by atoms with Crippen molar-refractivity contribution in [1.82, 2.24) is 14.9 Å². The smallest absolute Gasteiger partial charge is 0.257 e. The molecular formula is C21H25N5O. The van der Waals surface area contributed by atoms with Crippen molar-refractivity contribution < 1.29 is 4.79 Å². The van der Waals surface area contributed by atoms with Crippen molar-refractivity contribution >= 4 is 23.1 Å². The number of amides is 1. The van der Waals surface area contributed by atoms with Crippen molar-refractivity contribution in [2.75, 3.05) is 43.6 Å². The molecule has 2 saturated heterocycles. The topological polar surface area (TPSA) is 51.7 Å². The lowest BCUT2D eigenvalue weighted by atomic mass is 9.79. The van der Waals surface area contributed by atoms with E-state index >= 15 is 0 Å². The van der Waals surface area contributed by atoms with Crippen molar-refractivity contribution in [3.05, 3.63) is 48.2 Å². The highest BCUT2D eigenvalue weighted by molar-refractivity contribution is 6.11. The Kier molecular flexibility index (Phi) is 3.91. The summed E-state index contributed by atoms with van der Waals surface area (Å²) in [4.78, 5) is 19.9. The van der Waals surface area contributed by atoms with Crippen LogP contribution in [0.25, 0.3) is 0 Å². The number of pyridine rings is 1. The largest absolute Gasteiger partial charge is 0.319 e. The number of nitrogens with zero attached hydrogens (tertiary/aromatic N) is 4. The van der Waals surface area contributed by atoms with Crippen molar-refractivity contribution in [2.24, 2.45) is 5.41 Å². The lowest BCUT2D eigenvalue weighted by molar-refractivity contribution is 0.102. The van der Waals surface area contributed by atoms with E-state index in [1.165, 1.54) is 25.8 Å². The average Bonchev–Trinajstić information content (AvgIpc) is 3.00. The Morgan fingerprint density at radius 3 is 2.85 bits per heavy atom. The molecule has 0 saturated carbocycles. The molecule has 0 bridgehead atoms. The predicted molar refractivity (Wildman–Crippen MR) is 106 cm³/mol. The summed E-state index contributed by atoms with van der Waals surface area (Å²) in [6, 6.07) is 11.6. The van der Waals surface area contributed by atoms with Crippen LogP contribution >= 0.6 is 0 Å². The molecule has 27 heavy (non-hydrogen) atoms. The molecule has 1 N–H and O–H groups in total. The summed E-state index contributed by atoms with van der Waals surface area (Å²) in [5, 5.41) is 7.60. The van der Waals surface area contributed by atoms with E-state index in [1.54, 1.807) is 6.20 Å². The van der Waals surface area contributed by atoms with E-state index in [0.29, 0.717) is 11.0 Å².